The third kappa shape index (κ3) is 3.23. The lowest BCUT2D eigenvalue weighted by atomic mass is 9.88. The molecule has 2 heteroatoms. The maximum absolute atomic E-state index is 9.78. The highest BCUT2D eigenvalue weighted by atomic mass is 16.4. The number of aliphatic hydroxyl groups excluding tert-OH is 1. The van der Waals surface area contributed by atoms with Gasteiger partial charge in [-0.1, -0.05) is 20.8 Å². The van der Waals surface area contributed by atoms with Gasteiger partial charge in [-0.15, -0.1) is 0 Å². The van der Waals surface area contributed by atoms with E-state index in [1.807, 2.05) is 19.1 Å². The molecule has 1 N–H and O–H groups in total. The Morgan fingerprint density at radius 2 is 2.00 bits per heavy atom. The van der Waals surface area contributed by atoms with Gasteiger partial charge >= 0.3 is 0 Å². The summed E-state index contributed by atoms with van der Waals surface area (Å²) in [5.41, 5.74) is 0.125. The van der Waals surface area contributed by atoms with Crippen molar-refractivity contribution in [3.8, 4) is 0 Å². The van der Waals surface area contributed by atoms with Crippen molar-refractivity contribution in [1.29, 1.82) is 0 Å². The van der Waals surface area contributed by atoms with Crippen LogP contribution >= 0.6 is 0 Å². The molecule has 1 heterocycles. The van der Waals surface area contributed by atoms with Gasteiger partial charge in [-0.25, -0.2) is 0 Å². The SMILES string of the molecule is Cc1ccc(C(O)CC(C)(C)C)o1. The van der Waals surface area contributed by atoms with Crippen LogP contribution < -0.4 is 0 Å². The Morgan fingerprint density at radius 3 is 2.38 bits per heavy atom. The molecule has 2 nitrogen and oxygen atoms in total. The van der Waals surface area contributed by atoms with Crippen LogP contribution in [-0.2, 0) is 0 Å². The fraction of sp³-hybridized carbons (Fsp3) is 0.636. The van der Waals surface area contributed by atoms with E-state index in [1.165, 1.54) is 0 Å². The Morgan fingerprint density at radius 1 is 1.38 bits per heavy atom. The van der Waals surface area contributed by atoms with Crippen LogP contribution in [0.2, 0.25) is 0 Å². The molecule has 13 heavy (non-hydrogen) atoms. The van der Waals surface area contributed by atoms with E-state index in [1.54, 1.807) is 0 Å². The van der Waals surface area contributed by atoms with Gasteiger partial charge in [0.05, 0.1) is 0 Å². The van der Waals surface area contributed by atoms with Gasteiger partial charge in [0.1, 0.15) is 17.6 Å². The average molecular weight is 182 g/mol. The normalized spacial score (nSPS) is 14.5. The molecule has 1 aromatic heterocycles. The molecule has 0 aliphatic rings. The van der Waals surface area contributed by atoms with Crippen molar-refractivity contribution >= 4 is 0 Å². The molecule has 0 fully saturated rings. The van der Waals surface area contributed by atoms with Gasteiger partial charge in [0.15, 0.2) is 0 Å². The second-order valence-electron chi connectivity index (χ2n) is 4.73. The van der Waals surface area contributed by atoms with Crippen molar-refractivity contribution in [3.63, 3.8) is 0 Å². The Hall–Kier alpha value is -0.760. The predicted molar refractivity (Wildman–Crippen MR) is 52.5 cm³/mol. The van der Waals surface area contributed by atoms with Crippen LogP contribution in [0.1, 0.15) is 44.8 Å². The Kier molecular flexibility index (Phi) is 2.81. The van der Waals surface area contributed by atoms with E-state index in [0.717, 1.165) is 12.2 Å². The summed E-state index contributed by atoms with van der Waals surface area (Å²) in [7, 11) is 0. The van der Waals surface area contributed by atoms with E-state index in [4.69, 9.17) is 4.42 Å². The van der Waals surface area contributed by atoms with E-state index in [0.29, 0.717) is 5.76 Å². The van der Waals surface area contributed by atoms with Crippen LogP contribution in [0.4, 0.5) is 0 Å². The molecule has 0 amide bonds. The summed E-state index contributed by atoms with van der Waals surface area (Å²) in [5, 5.41) is 9.78. The smallest absolute Gasteiger partial charge is 0.132 e. The molecule has 0 aliphatic carbocycles. The number of aliphatic hydroxyl groups is 1. The quantitative estimate of drug-likeness (QED) is 0.762. The topological polar surface area (TPSA) is 33.4 Å². The van der Waals surface area contributed by atoms with Crippen molar-refractivity contribution in [1.82, 2.24) is 0 Å². The predicted octanol–water partition coefficient (Wildman–Crippen LogP) is 3.06. The summed E-state index contributed by atoms with van der Waals surface area (Å²) in [4.78, 5) is 0. The largest absolute Gasteiger partial charge is 0.464 e. The molecule has 0 aliphatic heterocycles. The van der Waals surface area contributed by atoms with E-state index in [9.17, 15) is 5.11 Å². The second-order valence-corrected chi connectivity index (χ2v) is 4.73. The third-order valence-electron chi connectivity index (χ3n) is 1.90. The summed E-state index contributed by atoms with van der Waals surface area (Å²) >= 11 is 0. The van der Waals surface area contributed by atoms with Crippen molar-refractivity contribution in [2.24, 2.45) is 5.41 Å². The molecule has 0 aromatic carbocycles. The molecule has 0 bridgehead atoms. The van der Waals surface area contributed by atoms with Crippen LogP contribution in [-0.4, -0.2) is 5.11 Å². The van der Waals surface area contributed by atoms with Gasteiger partial charge < -0.3 is 9.52 Å². The average Bonchev–Trinajstić information content (AvgIpc) is 2.31. The van der Waals surface area contributed by atoms with Crippen molar-refractivity contribution < 1.29 is 9.52 Å². The lowest BCUT2D eigenvalue weighted by Crippen LogP contribution is -2.11. The van der Waals surface area contributed by atoms with Gasteiger partial charge in [0.25, 0.3) is 0 Å². The van der Waals surface area contributed by atoms with Gasteiger partial charge in [-0.05, 0) is 30.9 Å². The van der Waals surface area contributed by atoms with Crippen molar-refractivity contribution in [2.45, 2.75) is 40.2 Å². The fourth-order valence-corrected chi connectivity index (χ4v) is 1.31. The number of aryl methyl sites for hydroxylation is 1. The van der Waals surface area contributed by atoms with Gasteiger partial charge in [-0.2, -0.15) is 0 Å². The van der Waals surface area contributed by atoms with Gasteiger partial charge in [-0.3, -0.25) is 0 Å². The molecule has 0 saturated carbocycles. The van der Waals surface area contributed by atoms with Crippen molar-refractivity contribution in [3.05, 3.63) is 23.7 Å². The zero-order valence-corrected chi connectivity index (χ0v) is 8.79. The Labute approximate surface area is 79.6 Å². The first-order chi connectivity index (χ1) is 5.88. The standard InChI is InChI=1S/C11H18O2/c1-8-5-6-10(13-8)9(12)7-11(2,3)4/h5-6,9,12H,7H2,1-4H3. The first-order valence-corrected chi connectivity index (χ1v) is 4.63. The fourth-order valence-electron chi connectivity index (χ4n) is 1.31. The van der Waals surface area contributed by atoms with E-state index < -0.39 is 6.10 Å². The zero-order chi connectivity index (χ0) is 10.1. The summed E-state index contributed by atoms with van der Waals surface area (Å²) in [5.74, 6) is 1.52. The van der Waals surface area contributed by atoms with Crippen LogP contribution in [0.15, 0.2) is 16.5 Å². The molecule has 1 unspecified atom stereocenters. The van der Waals surface area contributed by atoms with Crippen molar-refractivity contribution in [2.75, 3.05) is 0 Å². The molecule has 74 valence electrons. The van der Waals surface area contributed by atoms with Gasteiger partial charge in [0, 0.05) is 0 Å². The minimum Gasteiger partial charge on any atom is -0.464 e. The second kappa shape index (κ2) is 3.54. The van der Waals surface area contributed by atoms with E-state index in [-0.39, 0.29) is 5.41 Å². The Balaban J connectivity index is 2.64. The van der Waals surface area contributed by atoms with Crippen LogP contribution in [0.5, 0.6) is 0 Å². The highest BCUT2D eigenvalue weighted by molar-refractivity contribution is 5.08. The molecule has 0 radical (unpaired) electrons. The first-order valence-electron chi connectivity index (χ1n) is 4.63. The molecule has 0 spiro atoms. The van der Waals surface area contributed by atoms with Crippen LogP contribution in [0.25, 0.3) is 0 Å². The number of hydrogen-bond donors (Lipinski definition) is 1. The lowest BCUT2D eigenvalue weighted by Gasteiger charge is -2.20. The monoisotopic (exact) mass is 182 g/mol. The number of furan rings is 1. The van der Waals surface area contributed by atoms with E-state index in [2.05, 4.69) is 20.8 Å². The molecule has 0 saturated heterocycles. The van der Waals surface area contributed by atoms with E-state index >= 15 is 0 Å². The van der Waals surface area contributed by atoms with Crippen LogP contribution in [0, 0.1) is 12.3 Å². The molecule has 1 rings (SSSR count). The number of rotatable bonds is 2. The Bertz CT molecular complexity index is 268. The molecule has 1 atom stereocenters. The molecular weight excluding hydrogens is 164 g/mol. The third-order valence-corrected chi connectivity index (χ3v) is 1.90. The van der Waals surface area contributed by atoms with Gasteiger partial charge in [0.2, 0.25) is 0 Å². The minimum absolute atomic E-state index is 0.125. The molecule has 1 aromatic rings. The summed E-state index contributed by atoms with van der Waals surface area (Å²) < 4.78 is 5.34. The maximum Gasteiger partial charge on any atom is 0.132 e. The highest BCUT2D eigenvalue weighted by Crippen LogP contribution is 2.29. The van der Waals surface area contributed by atoms with Crippen LogP contribution in [0.3, 0.4) is 0 Å². The number of hydrogen-bond acceptors (Lipinski definition) is 2. The highest BCUT2D eigenvalue weighted by Gasteiger charge is 2.20. The first kappa shape index (κ1) is 10.3. The summed E-state index contributed by atoms with van der Waals surface area (Å²) in [6.07, 6.45) is 0.244. The maximum atomic E-state index is 9.78. The molecular formula is C11H18O2. The zero-order valence-electron chi connectivity index (χ0n) is 8.79. The minimum atomic E-state index is -0.478. The lowest BCUT2D eigenvalue weighted by molar-refractivity contribution is 0.0997. The summed E-state index contributed by atoms with van der Waals surface area (Å²) in [6, 6.07) is 3.72. The summed E-state index contributed by atoms with van der Waals surface area (Å²) in [6.45, 7) is 8.19.